The summed E-state index contributed by atoms with van der Waals surface area (Å²) in [5, 5.41) is 8.61. The average Bonchev–Trinajstić information content (AvgIpc) is 3.18. The van der Waals surface area contributed by atoms with Gasteiger partial charge in [0.25, 0.3) is 0 Å². The van der Waals surface area contributed by atoms with Gasteiger partial charge in [-0.3, -0.25) is 9.59 Å². The van der Waals surface area contributed by atoms with E-state index in [0.29, 0.717) is 6.42 Å². The summed E-state index contributed by atoms with van der Waals surface area (Å²) in [5.41, 5.74) is 2.79. The Morgan fingerprint density at radius 1 is 1.03 bits per heavy atom. The fourth-order valence-electron chi connectivity index (χ4n) is 3.83. The number of fused-ring (bicyclic) bond motifs is 1. The molecule has 0 bridgehead atoms. The molecule has 1 heterocycles. The van der Waals surface area contributed by atoms with Gasteiger partial charge < -0.3 is 15.5 Å². The van der Waals surface area contributed by atoms with Crippen LogP contribution in [0.15, 0.2) is 66.7 Å². The number of carbonyl (C=O) groups excluding carboxylic acids is 2. The molecule has 1 aliphatic heterocycles. The first-order valence-corrected chi connectivity index (χ1v) is 10.0. The molecule has 1 atom stereocenters. The van der Waals surface area contributed by atoms with Crippen LogP contribution < -0.4 is 15.5 Å². The Morgan fingerprint density at radius 3 is 2.55 bits per heavy atom. The van der Waals surface area contributed by atoms with E-state index >= 15 is 0 Å². The van der Waals surface area contributed by atoms with Gasteiger partial charge in [-0.2, -0.15) is 0 Å². The Labute approximate surface area is 170 Å². The van der Waals surface area contributed by atoms with Crippen LogP contribution in [0.5, 0.6) is 0 Å². The maximum atomic E-state index is 12.4. The number of hydrogen-bond acceptors (Lipinski definition) is 3. The highest BCUT2D eigenvalue weighted by molar-refractivity contribution is 5.96. The second kappa shape index (κ2) is 8.45. The van der Waals surface area contributed by atoms with Crippen LogP contribution in [0, 0.1) is 0 Å². The summed E-state index contributed by atoms with van der Waals surface area (Å²) in [6.45, 7) is 3.05. The number of amides is 2. The number of rotatable bonds is 6. The van der Waals surface area contributed by atoms with Gasteiger partial charge in [-0.15, -0.1) is 0 Å². The third kappa shape index (κ3) is 4.30. The largest absolute Gasteiger partial charge is 0.325 e. The van der Waals surface area contributed by atoms with Crippen molar-refractivity contribution in [1.29, 1.82) is 0 Å². The van der Waals surface area contributed by atoms with Gasteiger partial charge in [0.2, 0.25) is 11.8 Å². The SMILES string of the molecule is CC(NCC(=O)Nc1ccc(N2CCCC2=O)cc1)c1cccc2ccccc12. The zero-order chi connectivity index (χ0) is 20.2. The maximum Gasteiger partial charge on any atom is 0.238 e. The van der Waals surface area contributed by atoms with Crippen molar-refractivity contribution in [2.24, 2.45) is 0 Å². The molecule has 148 valence electrons. The van der Waals surface area contributed by atoms with E-state index in [1.807, 2.05) is 42.5 Å². The monoisotopic (exact) mass is 387 g/mol. The molecule has 2 amide bonds. The van der Waals surface area contributed by atoms with Crippen molar-refractivity contribution in [3.8, 4) is 0 Å². The van der Waals surface area contributed by atoms with Crippen molar-refractivity contribution in [3.05, 3.63) is 72.3 Å². The Balaban J connectivity index is 1.34. The lowest BCUT2D eigenvalue weighted by atomic mass is 10.00. The van der Waals surface area contributed by atoms with Crippen molar-refractivity contribution >= 4 is 34.0 Å². The summed E-state index contributed by atoms with van der Waals surface area (Å²) in [6.07, 6.45) is 1.51. The molecule has 0 saturated carbocycles. The summed E-state index contributed by atoms with van der Waals surface area (Å²) in [6, 6.07) is 22.0. The van der Waals surface area contributed by atoms with Crippen molar-refractivity contribution in [3.63, 3.8) is 0 Å². The van der Waals surface area contributed by atoms with Crippen LogP contribution >= 0.6 is 0 Å². The van der Waals surface area contributed by atoms with Gasteiger partial charge in [-0.05, 0) is 53.9 Å². The van der Waals surface area contributed by atoms with Crippen LogP contribution in [0.1, 0.15) is 31.4 Å². The van der Waals surface area contributed by atoms with Crippen LogP contribution in [-0.4, -0.2) is 24.9 Å². The molecule has 4 rings (SSSR count). The van der Waals surface area contributed by atoms with E-state index in [4.69, 9.17) is 0 Å². The highest BCUT2D eigenvalue weighted by Gasteiger charge is 2.21. The third-order valence-electron chi connectivity index (χ3n) is 5.39. The van der Waals surface area contributed by atoms with E-state index in [1.165, 1.54) is 16.3 Å². The first-order chi connectivity index (χ1) is 14.1. The van der Waals surface area contributed by atoms with Gasteiger partial charge in [-0.25, -0.2) is 0 Å². The first kappa shape index (κ1) is 19.2. The highest BCUT2D eigenvalue weighted by atomic mass is 16.2. The summed E-state index contributed by atoms with van der Waals surface area (Å²) in [7, 11) is 0. The van der Waals surface area contributed by atoms with E-state index in [9.17, 15) is 9.59 Å². The molecule has 0 radical (unpaired) electrons. The molecule has 0 aliphatic carbocycles. The zero-order valence-electron chi connectivity index (χ0n) is 16.5. The van der Waals surface area contributed by atoms with E-state index in [0.717, 1.165) is 24.3 Å². The van der Waals surface area contributed by atoms with E-state index in [-0.39, 0.29) is 24.4 Å². The van der Waals surface area contributed by atoms with Crippen LogP contribution in [0.25, 0.3) is 10.8 Å². The minimum Gasteiger partial charge on any atom is -0.325 e. The molecule has 5 heteroatoms. The maximum absolute atomic E-state index is 12.4. The quantitative estimate of drug-likeness (QED) is 0.664. The van der Waals surface area contributed by atoms with Crippen LogP contribution in [0.3, 0.4) is 0 Å². The topological polar surface area (TPSA) is 61.4 Å². The normalized spacial score (nSPS) is 14.9. The molecule has 1 aliphatic rings. The molecular formula is C24H25N3O2. The van der Waals surface area contributed by atoms with Crippen molar-refractivity contribution < 1.29 is 9.59 Å². The molecule has 29 heavy (non-hydrogen) atoms. The molecule has 0 spiro atoms. The molecule has 1 fully saturated rings. The van der Waals surface area contributed by atoms with Crippen molar-refractivity contribution in [2.45, 2.75) is 25.8 Å². The molecule has 3 aromatic carbocycles. The van der Waals surface area contributed by atoms with Gasteiger partial charge in [-0.1, -0.05) is 42.5 Å². The minimum absolute atomic E-state index is 0.0513. The number of anilines is 2. The summed E-state index contributed by atoms with van der Waals surface area (Å²) in [5.74, 6) is 0.0653. The lowest BCUT2D eigenvalue weighted by Crippen LogP contribution is -2.30. The molecule has 2 N–H and O–H groups in total. The number of benzene rings is 3. The lowest BCUT2D eigenvalue weighted by Gasteiger charge is -2.17. The number of hydrogen-bond donors (Lipinski definition) is 2. The van der Waals surface area contributed by atoms with Crippen LogP contribution in [0.2, 0.25) is 0 Å². The Bertz CT molecular complexity index is 1020. The summed E-state index contributed by atoms with van der Waals surface area (Å²) in [4.78, 5) is 26.0. The van der Waals surface area contributed by atoms with Gasteiger partial charge in [0.05, 0.1) is 6.54 Å². The van der Waals surface area contributed by atoms with Crippen LogP contribution in [0.4, 0.5) is 11.4 Å². The zero-order valence-corrected chi connectivity index (χ0v) is 16.5. The first-order valence-electron chi connectivity index (χ1n) is 10.0. The molecule has 1 unspecified atom stereocenters. The highest BCUT2D eigenvalue weighted by Crippen LogP contribution is 2.24. The van der Waals surface area contributed by atoms with Crippen LogP contribution in [-0.2, 0) is 9.59 Å². The van der Waals surface area contributed by atoms with Gasteiger partial charge in [0, 0.05) is 30.4 Å². The number of nitrogens with one attached hydrogen (secondary N) is 2. The second-order valence-electron chi connectivity index (χ2n) is 7.41. The Kier molecular flexibility index (Phi) is 5.58. The van der Waals surface area contributed by atoms with E-state index < -0.39 is 0 Å². The van der Waals surface area contributed by atoms with Gasteiger partial charge in [0.1, 0.15) is 0 Å². The standard InChI is InChI=1S/C24H25N3O2/c1-17(21-9-4-7-18-6-2-3-8-22(18)21)25-16-23(28)26-19-11-13-20(14-12-19)27-15-5-10-24(27)29/h2-4,6-9,11-14,17,25H,5,10,15-16H2,1H3,(H,26,28). The van der Waals surface area contributed by atoms with E-state index in [1.54, 1.807) is 4.90 Å². The summed E-state index contributed by atoms with van der Waals surface area (Å²) >= 11 is 0. The fourth-order valence-corrected chi connectivity index (χ4v) is 3.83. The Hall–Kier alpha value is -3.18. The number of carbonyl (C=O) groups is 2. The Morgan fingerprint density at radius 2 is 1.79 bits per heavy atom. The predicted octanol–water partition coefficient (Wildman–Crippen LogP) is 4.26. The number of nitrogens with zero attached hydrogens (tertiary/aromatic N) is 1. The molecule has 1 saturated heterocycles. The van der Waals surface area contributed by atoms with Gasteiger partial charge in [0.15, 0.2) is 0 Å². The average molecular weight is 387 g/mol. The fraction of sp³-hybridized carbons (Fsp3) is 0.250. The lowest BCUT2D eigenvalue weighted by molar-refractivity contribution is -0.117. The van der Waals surface area contributed by atoms with Crippen molar-refractivity contribution in [1.82, 2.24) is 5.32 Å². The van der Waals surface area contributed by atoms with Gasteiger partial charge >= 0.3 is 0 Å². The molecular weight excluding hydrogens is 362 g/mol. The minimum atomic E-state index is -0.0953. The second-order valence-corrected chi connectivity index (χ2v) is 7.41. The molecule has 3 aromatic rings. The smallest absolute Gasteiger partial charge is 0.238 e. The van der Waals surface area contributed by atoms with Crippen molar-refractivity contribution in [2.75, 3.05) is 23.3 Å². The molecule has 0 aromatic heterocycles. The molecule has 5 nitrogen and oxygen atoms in total. The van der Waals surface area contributed by atoms with E-state index in [2.05, 4.69) is 41.8 Å². The third-order valence-corrected chi connectivity index (χ3v) is 5.39. The summed E-state index contributed by atoms with van der Waals surface area (Å²) < 4.78 is 0. The predicted molar refractivity (Wildman–Crippen MR) is 117 cm³/mol.